The second kappa shape index (κ2) is 12.6. The number of aromatic hydroxyl groups is 1. The Morgan fingerprint density at radius 2 is 1.70 bits per heavy atom. The number of fused-ring (bicyclic) bond motifs is 1. The van der Waals surface area contributed by atoms with Gasteiger partial charge in [0.2, 0.25) is 6.29 Å². The van der Waals surface area contributed by atoms with Crippen LogP contribution in [0.4, 0.5) is 4.79 Å². The van der Waals surface area contributed by atoms with Crippen LogP contribution in [0, 0.1) is 20.8 Å². The summed E-state index contributed by atoms with van der Waals surface area (Å²) >= 11 is 0. The highest BCUT2D eigenvalue weighted by Crippen LogP contribution is 2.38. The molecule has 11 nitrogen and oxygen atoms in total. The zero-order valence-corrected chi connectivity index (χ0v) is 26.5. The summed E-state index contributed by atoms with van der Waals surface area (Å²) in [5, 5.41) is 22.3. The summed E-state index contributed by atoms with van der Waals surface area (Å²) in [7, 11) is 1.38. The molecular weight excluding hydrogens is 594 g/mol. The average Bonchev–Trinajstić information content (AvgIpc) is 2.99. The number of benzene rings is 3. The normalized spacial score (nSPS) is 20.8. The fourth-order valence-electron chi connectivity index (χ4n) is 6.14. The van der Waals surface area contributed by atoms with Gasteiger partial charge in [0.05, 0.1) is 16.6 Å². The number of ether oxygens (including phenoxy) is 4. The summed E-state index contributed by atoms with van der Waals surface area (Å²) in [6, 6.07) is 16.1. The number of carbonyl (C=O) groups is 2. The van der Waals surface area contributed by atoms with E-state index in [1.54, 1.807) is 39.0 Å². The lowest BCUT2D eigenvalue weighted by Crippen LogP contribution is -2.65. The van der Waals surface area contributed by atoms with E-state index in [0.29, 0.717) is 11.1 Å². The number of ketones is 1. The molecule has 0 radical (unpaired) electrons. The number of aryl methyl sites for hydroxylation is 3. The minimum Gasteiger partial charge on any atom is -0.507 e. The quantitative estimate of drug-likeness (QED) is 0.180. The van der Waals surface area contributed by atoms with Gasteiger partial charge in [-0.2, -0.15) is 0 Å². The maximum Gasteiger partial charge on any atom is 0.404 e. The minimum absolute atomic E-state index is 0.0255. The van der Waals surface area contributed by atoms with Gasteiger partial charge in [0.25, 0.3) is 0 Å². The molecular formula is C35H37NO10. The molecule has 0 unspecified atom stereocenters. The Labute approximate surface area is 265 Å². The van der Waals surface area contributed by atoms with Crippen molar-refractivity contribution in [1.82, 2.24) is 0 Å². The molecule has 0 spiro atoms. The van der Waals surface area contributed by atoms with Gasteiger partial charge in [0.1, 0.15) is 23.2 Å². The van der Waals surface area contributed by atoms with E-state index in [-0.39, 0.29) is 40.2 Å². The zero-order chi connectivity index (χ0) is 33.5. The van der Waals surface area contributed by atoms with Gasteiger partial charge >= 0.3 is 11.7 Å². The Morgan fingerprint density at radius 3 is 2.35 bits per heavy atom. The number of methoxy groups -OCH3 is 1. The van der Waals surface area contributed by atoms with Crippen molar-refractivity contribution < 1.29 is 43.2 Å². The number of hydrogen-bond donors (Lipinski definition) is 3. The molecule has 4 N–H and O–H groups in total. The molecule has 46 heavy (non-hydrogen) atoms. The Kier molecular flexibility index (Phi) is 8.94. The SMILES string of the molecule is CO[C@@H]1[C@@H](OC(N)=O)[C@@H](O)[C@H](Oc2ccc3c(O)c(CC(=O)c4cccc(-c5c(C)cccc5C)c4)c(=O)oc3c2C)OC1(C)C. The highest BCUT2D eigenvalue weighted by molar-refractivity contribution is 6.00. The molecule has 1 fully saturated rings. The van der Waals surface area contributed by atoms with Crippen molar-refractivity contribution in [3.8, 4) is 22.6 Å². The summed E-state index contributed by atoms with van der Waals surface area (Å²) in [6.07, 6.45) is -6.39. The first-order valence-corrected chi connectivity index (χ1v) is 14.7. The fourth-order valence-corrected chi connectivity index (χ4v) is 6.14. The van der Waals surface area contributed by atoms with E-state index in [0.717, 1.165) is 22.3 Å². The second-order valence-electron chi connectivity index (χ2n) is 12.0. The molecule has 2 heterocycles. The molecule has 242 valence electrons. The summed E-state index contributed by atoms with van der Waals surface area (Å²) in [5.41, 5.74) is 7.88. The molecule has 4 atom stereocenters. The molecule has 1 amide bonds. The van der Waals surface area contributed by atoms with Crippen LogP contribution >= 0.6 is 0 Å². The second-order valence-corrected chi connectivity index (χ2v) is 12.0. The lowest BCUT2D eigenvalue weighted by Gasteiger charge is -2.47. The minimum atomic E-state index is -1.50. The number of hydrogen-bond acceptors (Lipinski definition) is 10. The first-order valence-electron chi connectivity index (χ1n) is 14.7. The Hall–Kier alpha value is -4.71. The molecule has 5 rings (SSSR count). The molecule has 1 saturated heterocycles. The van der Waals surface area contributed by atoms with E-state index < -0.39 is 41.9 Å². The van der Waals surface area contributed by atoms with Gasteiger partial charge in [-0.3, -0.25) is 4.79 Å². The Morgan fingerprint density at radius 1 is 1.02 bits per heavy atom. The van der Waals surface area contributed by atoms with Crippen LogP contribution in [0.1, 0.15) is 46.5 Å². The smallest absolute Gasteiger partial charge is 0.404 e. The van der Waals surface area contributed by atoms with Gasteiger partial charge < -0.3 is 39.3 Å². The number of rotatable bonds is 8. The van der Waals surface area contributed by atoms with Crippen LogP contribution in [0.2, 0.25) is 0 Å². The first-order chi connectivity index (χ1) is 21.7. The van der Waals surface area contributed by atoms with Gasteiger partial charge in [-0.25, -0.2) is 9.59 Å². The van der Waals surface area contributed by atoms with E-state index in [4.69, 9.17) is 29.1 Å². The highest BCUT2D eigenvalue weighted by Gasteiger charge is 2.53. The predicted octanol–water partition coefficient (Wildman–Crippen LogP) is 4.87. The third-order valence-corrected chi connectivity index (χ3v) is 8.40. The fraction of sp³-hybridized carbons (Fsp3) is 0.343. The first kappa shape index (κ1) is 32.7. The molecule has 0 saturated carbocycles. The molecule has 3 aromatic carbocycles. The zero-order valence-electron chi connectivity index (χ0n) is 26.5. The van der Waals surface area contributed by atoms with E-state index in [1.165, 1.54) is 19.2 Å². The summed E-state index contributed by atoms with van der Waals surface area (Å²) in [4.78, 5) is 38.1. The number of primary amides is 1. The number of aliphatic hydroxyl groups is 1. The highest BCUT2D eigenvalue weighted by atomic mass is 16.7. The Bertz CT molecular complexity index is 1860. The molecule has 0 bridgehead atoms. The molecule has 11 heteroatoms. The third-order valence-electron chi connectivity index (χ3n) is 8.40. The maximum atomic E-state index is 13.4. The van der Waals surface area contributed by atoms with Gasteiger partial charge in [-0.1, -0.05) is 36.4 Å². The maximum absolute atomic E-state index is 13.4. The molecule has 1 aromatic heterocycles. The van der Waals surface area contributed by atoms with E-state index in [9.17, 15) is 24.6 Å². The van der Waals surface area contributed by atoms with Crippen molar-refractivity contribution in [3.63, 3.8) is 0 Å². The van der Waals surface area contributed by atoms with E-state index >= 15 is 0 Å². The third kappa shape index (κ3) is 6.09. The predicted molar refractivity (Wildman–Crippen MR) is 169 cm³/mol. The van der Waals surface area contributed by atoms with Crippen LogP contribution < -0.4 is 16.1 Å². The average molecular weight is 632 g/mol. The van der Waals surface area contributed by atoms with Crippen molar-refractivity contribution in [2.45, 2.75) is 71.2 Å². The van der Waals surface area contributed by atoms with Crippen molar-refractivity contribution >= 4 is 22.8 Å². The summed E-state index contributed by atoms with van der Waals surface area (Å²) < 4.78 is 28.1. The van der Waals surface area contributed by atoms with Gasteiger partial charge in [-0.05, 0) is 75.1 Å². The van der Waals surface area contributed by atoms with Crippen LogP contribution in [0.3, 0.4) is 0 Å². The Balaban J connectivity index is 1.43. The lowest BCUT2D eigenvalue weighted by atomic mass is 9.89. The molecule has 1 aliphatic heterocycles. The summed E-state index contributed by atoms with van der Waals surface area (Å²) in [5.74, 6) is -0.580. The van der Waals surface area contributed by atoms with Crippen molar-refractivity contribution in [3.05, 3.63) is 92.8 Å². The van der Waals surface area contributed by atoms with Gasteiger partial charge in [0, 0.05) is 24.7 Å². The topological polar surface area (TPSA) is 168 Å². The van der Waals surface area contributed by atoms with Crippen LogP contribution in [0.15, 0.2) is 63.8 Å². The van der Waals surface area contributed by atoms with Crippen LogP contribution in [0.25, 0.3) is 22.1 Å². The molecule has 4 aromatic rings. The number of nitrogens with two attached hydrogens (primary N) is 1. The van der Waals surface area contributed by atoms with Gasteiger partial charge in [-0.15, -0.1) is 0 Å². The van der Waals surface area contributed by atoms with Crippen molar-refractivity contribution in [2.24, 2.45) is 5.73 Å². The molecule has 1 aliphatic rings. The largest absolute Gasteiger partial charge is 0.507 e. The lowest BCUT2D eigenvalue weighted by molar-refractivity contribution is -0.304. The number of amides is 1. The number of carbonyl (C=O) groups excluding carboxylic acids is 2. The van der Waals surface area contributed by atoms with Crippen LogP contribution in [-0.4, -0.2) is 59.4 Å². The van der Waals surface area contributed by atoms with E-state index in [1.807, 2.05) is 38.1 Å². The number of aliphatic hydroxyl groups excluding tert-OH is 1. The van der Waals surface area contributed by atoms with Gasteiger partial charge in [0.15, 0.2) is 18.0 Å². The van der Waals surface area contributed by atoms with Crippen LogP contribution in [-0.2, 0) is 20.6 Å². The van der Waals surface area contributed by atoms with Crippen molar-refractivity contribution in [2.75, 3.05) is 7.11 Å². The molecule has 0 aliphatic carbocycles. The van der Waals surface area contributed by atoms with Crippen LogP contribution in [0.5, 0.6) is 11.5 Å². The van der Waals surface area contributed by atoms with E-state index in [2.05, 4.69) is 0 Å². The van der Waals surface area contributed by atoms with Crippen molar-refractivity contribution in [1.29, 1.82) is 0 Å². The monoisotopic (exact) mass is 631 g/mol. The summed E-state index contributed by atoms with van der Waals surface area (Å²) in [6.45, 7) is 8.95. The standard InChI is InChI=1S/C35H37NO10/c1-17-9-7-10-18(2)26(17)21-12-8-11-20(15-21)24(37)16-23-27(38)22-13-14-25(19(3)29(22)44-32(23)40)43-33-28(39)30(45-34(36)41)31(42-6)35(4,5)46-33/h7-15,28,30-31,33,38-39H,16H2,1-6H3,(H2,36,41)/t28-,30+,31-,33-/m1/s1. The number of Topliss-reactive ketones (excluding diaryl/α,β-unsaturated/α-hetero) is 1.